The van der Waals surface area contributed by atoms with E-state index in [1.54, 1.807) is 35.6 Å². The number of carbonyl (C=O) groups is 2. The number of aromatic nitrogens is 1. The van der Waals surface area contributed by atoms with Crippen LogP contribution in [0.4, 0.5) is 5.69 Å². The van der Waals surface area contributed by atoms with E-state index in [9.17, 15) is 9.59 Å². The van der Waals surface area contributed by atoms with E-state index in [1.165, 1.54) is 6.92 Å². The molecule has 0 bridgehead atoms. The van der Waals surface area contributed by atoms with Gasteiger partial charge in [0.1, 0.15) is 5.01 Å². The van der Waals surface area contributed by atoms with Crippen LogP contribution in [0.1, 0.15) is 29.2 Å². The van der Waals surface area contributed by atoms with Gasteiger partial charge >= 0.3 is 0 Å². The Hall–Kier alpha value is -2.57. The maximum Gasteiger partial charge on any atom is 0.241 e. The van der Waals surface area contributed by atoms with Crippen LogP contribution in [0.2, 0.25) is 0 Å². The Bertz CT molecular complexity index is 901. The quantitative estimate of drug-likeness (QED) is 0.670. The van der Waals surface area contributed by atoms with E-state index in [-0.39, 0.29) is 17.7 Å². The zero-order chi connectivity index (χ0) is 18.7. The molecule has 0 aliphatic carbocycles. The number of Topliss-reactive ketones (excluding diaryl/α,β-unsaturated/α-hetero) is 1. The number of thiazole rings is 1. The molecule has 0 aliphatic rings. The first-order chi connectivity index (χ1) is 12.4. The number of likely N-dealkylation sites (N-methyl/N-ethyl adjacent to an activating group) is 1. The number of benzene rings is 2. The van der Waals surface area contributed by atoms with E-state index in [0.717, 1.165) is 15.2 Å². The molecule has 3 aromatic rings. The van der Waals surface area contributed by atoms with Crippen molar-refractivity contribution in [3.63, 3.8) is 0 Å². The largest absolute Gasteiger partial charge is 0.325 e. The summed E-state index contributed by atoms with van der Waals surface area (Å²) in [6, 6.07) is 14.6. The van der Waals surface area contributed by atoms with Crippen LogP contribution in [-0.2, 0) is 11.3 Å². The first kappa shape index (κ1) is 18.2. The molecule has 1 atom stereocenters. The minimum Gasteiger partial charge on any atom is -0.325 e. The predicted octanol–water partition coefficient (Wildman–Crippen LogP) is 3.96. The van der Waals surface area contributed by atoms with Crippen molar-refractivity contribution in [2.75, 3.05) is 12.4 Å². The number of amides is 1. The minimum atomic E-state index is -0.311. The van der Waals surface area contributed by atoms with Crippen LogP contribution in [-0.4, -0.2) is 34.7 Å². The first-order valence-corrected chi connectivity index (χ1v) is 9.22. The molecule has 1 aromatic heterocycles. The molecule has 26 heavy (non-hydrogen) atoms. The molecule has 2 aromatic carbocycles. The topological polar surface area (TPSA) is 62.3 Å². The third-order valence-corrected chi connectivity index (χ3v) is 5.34. The van der Waals surface area contributed by atoms with Gasteiger partial charge in [0.2, 0.25) is 5.91 Å². The van der Waals surface area contributed by atoms with Crippen LogP contribution in [0.5, 0.6) is 0 Å². The summed E-state index contributed by atoms with van der Waals surface area (Å²) in [5.41, 5.74) is 2.30. The van der Waals surface area contributed by atoms with E-state index in [0.29, 0.717) is 17.8 Å². The summed E-state index contributed by atoms with van der Waals surface area (Å²) < 4.78 is 1.15. The van der Waals surface area contributed by atoms with Crippen molar-refractivity contribution in [2.24, 2.45) is 0 Å². The SMILES string of the molecule is CC(=O)c1ccc(NC(=O)[C@H](C)N(C)Cc2nc3ccccc3s2)cc1. The van der Waals surface area contributed by atoms with E-state index in [1.807, 2.05) is 37.1 Å². The van der Waals surface area contributed by atoms with Crippen molar-refractivity contribution >= 4 is 38.9 Å². The van der Waals surface area contributed by atoms with Gasteiger partial charge in [0.15, 0.2) is 5.78 Å². The van der Waals surface area contributed by atoms with E-state index in [4.69, 9.17) is 0 Å². The molecule has 0 fully saturated rings. The number of carbonyl (C=O) groups excluding carboxylic acids is 2. The van der Waals surface area contributed by atoms with Crippen LogP contribution in [0.25, 0.3) is 10.2 Å². The molecule has 1 amide bonds. The summed E-state index contributed by atoms with van der Waals surface area (Å²) in [6.45, 7) is 4.00. The van der Waals surface area contributed by atoms with Gasteiger partial charge in [0, 0.05) is 11.3 Å². The van der Waals surface area contributed by atoms with Gasteiger partial charge in [-0.25, -0.2) is 4.98 Å². The van der Waals surface area contributed by atoms with Crippen molar-refractivity contribution in [3.05, 3.63) is 59.1 Å². The number of hydrogen-bond donors (Lipinski definition) is 1. The summed E-state index contributed by atoms with van der Waals surface area (Å²) in [7, 11) is 1.91. The number of nitrogens with zero attached hydrogens (tertiary/aromatic N) is 2. The lowest BCUT2D eigenvalue weighted by molar-refractivity contribution is -0.120. The van der Waals surface area contributed by atoms with Gasteiger partial charge < -0.3 is 5.32 Å². The molecule has 0 saturated carbocycles. The molecule has 6 heteroatoms. The number of para-hydroxylation sites is 1. The average molecular weight is 367 g/mol. The van der Waals surface area contributed by atoms with Crippen molar-refractivity contribution in [3.8, 4) is 0 Å². The predicted molar refractivity (Wildman–Crippen MR) is 106 cm³/mol. The maximum atomic E-state index is 12.5. The zero-order valence-electron chi connectivity index (χ0n) is 15.0. The van der Waals surface area contributed by atoms with Gasteiger partial charge in [-0.15, -0.1) is 11.3 Å². The molecule has 0 spiro atoms. The summed E-state index contributed by atoms with van der Waals surface area (Å²) in [5.74, 6) is -0.0870. The van der Waals surface area contributed by atoms with Crippen molar-refractivity contribution in [2.45, 2.75) is 26.4 Å². The Labute approximate surface area is 156 Å². The summed E-state index contributed by atoms with van der Waals surface area (Å²) >= 11 is 1.65. The van der Waals surface area contributed by atoms with Gasteiger partial charge in [0.05, 0.1) is 22.8 Å². The number of anilines is 1. The van der Waals surface area contributed by atoms with Crippen LogP contribution in [0, 0.1) is 0 Å². The normalized spacial score (nSPS) is 12.3. The van der Waals surface area contributed by atoms with Crippen LogP contribution in [0.15, 0.2) is 48.5 Å². The van der Waals surface area contributed by atoms with E-state index >= 15 is 0 Å². The third-order valence-electron chi connectivity index (χ3n) is 4.32. The lowest BCUT2D eigenvalue weighted by Crippen LogP contribution is -2.39. The van der Waals surface area contributed by atoms with Gasteiger partial charge in [-0.2, -0.15) is 0 Å². The zero-order valence-corrected chi connectivity index (χ0v) is 15.8. The van der Waals surface area contributed by atoms with Crippen molar-refractivity contribution in [1.82, 2.24) is 9.88 Å². The fraction of sp³-hybridized carbons (Fsp3) is 0.250. The molecule has 0 unspecified atom stereocenters. The van der Waals surface area contributed by atoms with Crippen LogP contribution < -0.4 is 5.32 Å². The highest BCUT2D eigenvalue weighted by Crippen LogP contribution is 2.23. The van der Waals surface area contributed by atoms with Crippen LogP contribution in [0.3, 0.4) is 0 Å². The fourth-order valence-corrected chi connectivity index (χ4v) is 3.60. The highest BCUT2D eigenvalue weighted by atomic mass is 32.1. The summed E-state index contributed by atoms with van der Waals surface area (Å²) in [5, 5.41) is 3.88. The fourth-order valence-electron chi connectivity index (χ4n) is 2.57. The first-order valence-electron chi connectivity index (χ1n) is 8.40. The Morgan fingerprint density at radius 3 is 2.50 bits per heavy atom. The second-order valence-electron chi connectivity index (χ2n) is 6.29. The summed E-state index contributed by atoms with van der Waals surface area (Å²) in [4.78, 5) is 30.4. The lowest BCUT2D eigenvalue weighted by atomic mass is 10.1. The number of fused-ring (bicyclic) bond motifs is 1. The molecule has 3 rings (SSSR count). The second-order valence-corrected chi connectivity index (χ2v) is 7.40. The maximum absolute atomic E-state index is 12.5. The van der Waals surface area contributed by atoms with E-state index < -0.39 is 0 Å². The molecule has 1 N–H and O–H groups in total. The minimum absolute atomic E-state index is 0.00631. The number of nitrogens with one attached hydrogen (secondary N) is 1. The lowest BCUT2D eigenvalue weighted by Gasteiger charge is -2.22. The van der Waals surface area contributed by atoms with E-state index in [2.05, 4.69) is 16.4 Å². The Morgan fingerprint density at radius 2 is 1.85 bits per heavy atom. The number of rotatable bonds is 6. The molecular formula is C20H21N3O2S. The number of ketones is 1. The molecular weight excluding hydrogens is 346 g/mol. The van der Waals surface area contributed by atoms with Crippen LogP contribution >= 0.6 is 11.3 Å². The molecule has 0 radical (unpaired) electrons. The Kier molecular flexibility index (Phi) is 5.44. The second kappa shape index (κ2) is 7.76. The third kappa shape index (κ3) is 4.15. The molecule has 134 valence electrons. The monoisotopic (exact) mass is 367 g/mol. The molecule has 0 saturated heterocycles. The summed E-state index contributed by atoms with van der Waals surface area (Å²) in [6.07, 6.45) is 0. The highest BCUT2D eigenvalue weighted by Gasteiger charge is 2.19. The average Bonchev–Trinajstić information content (AvgIpc) is 3.03. The van der Waals surface area contributed by atoms with Gasteiger partial charge in [-0.3, -0.25) is 14.5 Å². The van der Waals surface area contributed by atoms with Gasteiger partial charge in [-0.1, -0.05) is 12.1 Å². The highest BCUT2D eigenvalue weighted by molar-refractivity contribution is 7.18. The standard InChI is InChI=1S/C20H21N3O2S/c1-13(20(25)21-16-10-8-15(9-11-16)14(2)24)23(3)12-19-22-17-6-4-5-7-18(17)26-19/h4-11,13H,12H2,1-3H3,(H,21,25)/t13-/m0/s1. The van der Waals surface area contributed by atoms with Gasteiger partial charge in [-0.05, 0) is 57.3 Å². The molecule has 0 aliphatic heterocycles. The Balaban J connectivity index is 1.62. The Morgan fingerprint density at radius 1 is 1.15 bits per heavy atom. The number of hydrogen-bond acceptors (Lipinski definition) is 5. The smallest absolute Gasteiger partial charge is 0.241 e. The molecule has 5 nitrogen and oxygen atoms in total. The van der Waals surface area contributed by atoms with Crippen molar-refractivity contribution < 1.29 is 9.59 Å². The molecule has 1 heterocycles. The van der Waals surface area contributed by atoms with Crippen molar-refractivity contribution in [1.29, 1.82) is 0 Å². The van der Waals surface area contributed by atoms with Gasteiger partial charge in [0.25, 0.3) is 0 Å².